The predicted molar refractivity (Wildman–Crippen MR) is 82.3 cm³/mol. The van der Waals surface area contributed by atoms with E-state index < -0.39 is 0 Å². The van der Waals surface area contributed by atoms with Gasteiger partial charge in [0.15, 0.2) is 0 Å². The molecule has 0 saturated carbocycles. The Morgan fingerprint density at radius 1 is 1.17 bits per heavy atom. The fourth-order valence-corrected chi connectivity index (χ4v) is 2.13. The number of hydrogen-bond acceptors (Lipinski definition) is 1. The zero-order valence-electron chi connectivity index (χ0n) is 11.5. The third kappa shape index (κ3) is 3.92. The molecule has 1 unspecified atom stereocenters. The molecule has 0 heterocycles. The zero-order chi connectivity index (χ0) is 13.4. The lowest BCUT2D eigenvalue weighted by atomic mass is 9.90. The van der Waals surface area contributed by atoms with Crippen LogP contribution in [0.4, 0.5) is 5.69 Å². The molecule has 0 bridgehead atoms. The maximum absolute atomic E-state index is 3.87. The average molecular weight is 241 g/mol. The molecule has 0 aliphatic rings. The van der Waals surface area contributed by atoms with E-state index in [1.807, 2.05) is 18.2 Å². The fraction of sp³-hybridized carbons (Fsp3) is 0.294. The van der Waals surface area contributed by atoms with E-state index in [1.165, 1.54) is 11.3 Å². The Bertz CT molecular complexity index is 415. The minimum absolute atomic E-state index is 0.484. The molecule has 1 atom stereocenters. The van der Waals surface area contributed by atoms with E-state index in [1.54, 1.807) is 0 Å². The first-order valence-electron chi connectivity index (χ1n) is 6.35. The van der Waals surface area contributed by atoms with Crippen molar-refractivity contribution in [2.24, 2.45) is 0 Å². The van der Waals surface area contributed by atoms with Crippen LogP contribution in [0.15, 0.2) is 61.7 Å². The van der Waals surface area contributed by atoms with Gasteiger partial charge in [0.25, 0.3) is 0 Å². The van der Waals surface area contributed by atoms with Crippen LogP contribution in [-0.4, -0.2) is 14.1 Å². The van der Waals surface area contributed by atoms with E-state index in [2.05, 4.69) is 62.5 Å². The van der Waals surface area contributed by atoms with Crippen LogP contribution in [-0.2, 0) is 0 Å². The van der Waals surface area contributed by atoms with Crippen molar-refractivity contribution in [2.75, 3.05) is 19.0 Å². The summed E-state index contributed by atoms with van der Waals surface area (Å²) in [5.41, 5.74) is 2.67. The van der Waals surface area contributed by atoms with Crippen LogP contribution >= 0.6 is 0 Å². The Labute approximate surface area is 111 Å². The Morgan fingerprint density at radius 3 is 2.50 bits per heavy atom. The van der Waals surface area contributed by atoms with E-state index in [4.69, 9.17) is 0 Å². The van der Waals surface area contributed by atoms with Crippen molar-refractivity contribution >= 4 is 5.69 Å². The van der Waals surface area contributed by atoms with Crippen LogP contribution in [0, 0.1) is 0 Å². The van der Waals surface area contributed by atoms with E-state index >= 15 is 0 Å². The highest BCUT2D eigenvalue weighted by molar-refractivity contribution is 5.54. The van der Waals surface area contributed by atoms with Gasteiger partial charge >= 0.3 is 0 Å². The molecule has 1 nitrogen and oxygen atoms in total. The quantitative estimate of drug-likeness (QED) is 0.500. The van der Waals surface area contributed by atoms with Gasteiger partial charge in [-0.05, 0) is 30.4 Å². The summed E-state index contributed by atoms with van der Waals surface area (Å²) < 4.78 is 0. The second kappa shape index (κ2) is 7.54. The Balaban J connectivity index is 3.00. The SMILES string of the molecule is C=CC=CCC(CC=C)c1ccccc1N(C)C. The Kier molecular flexibility index (Phi) is 5.99. The van der Waals surface area contributed by atoms with Crippen molar-refractivity contribution < 1.29 is 0 Å². The molecule has 18 heavy (non-hydrogen) atoms. The fourth-order valence-electron chi connectivity index (χ4n) is 2.13. The number of hydrogen-bond donors (Lipinski definition) is 0. The van der Waals surface area contributed by atoms with Crippen LogP contribution in [0.2, 0.25) is 0 Å². The largest absolute Gasteiger partial charge is 0.377 e. The van der Waals surface area contributed by atoms with Crippen LogP contribution in [0.5, 0.6) is 0 Å². The van der Waals surface area contributed by atoms with Gasteiger partial charge in [0.2, 0.25) is 0 Å². The molecule has 96 valence electrons. The van der Waals surface area contributed by atoms with Crippen molar-refractivity contribution in [2.45, 2.75) is 18.8 Å². The van der Waals surface area contributed by atoms with Crippen molar-refractivity contribution in [3.8, 4) is 0 Å². The van der Waals surface area contributed by atoms with Crippen LogP contribution in [0.25, 0.3) is 0 Å². The van der Waals surface area contributed by atoms with Crippen molar-refractivity contribution in [1.29, 1.82) is 0 Å². The summed E-state index contributed by atoms with van der Waals surface area (Å²) >= 11 is 0. The lowest BCUT2D eigenvalue weighted by Crippen LogP contribution is -2.13. The molecule has 1 aromatic rings. The van der Waals surface area contributed by atoms with Gasteiger partial charge in [-0.15, -0.1) is 6.58 Å². The van der Waals surface area contributed by atoms with E-state index in [0.29, 0.717) is 5.92 Å². The van der Waals surface area contributed by atoms with Crippen LogP contribution in [0.3, 0.4) is 0 Å². The maximum Gasteiger partial charge on any atom is 0.0396 e. The topological polar surface area (TPSA) is 3.24 Å². The van der Waals surface area contributed by atoms with Crippen LogP contribution < -0.4 is 4.90 Å². The first kappa shape index (κ1) is 14.3. The highest BCUT2D eigenvalue weighted by Gasteiger charge is 2.13. The molecule has 0 saturated heterocycles. The molecule has 0 spiro atoms. The number of allylic oxidation sites excluding steroid dienone is 4. The van der Waals surface area contributed by atoms with Gasteiger partial charge in [-0.3, -0.25) is 0 Å². The second-order valence-corrected chi connectivity index (χ2v) is 4.57. The third-order valence-corrected chi connectivity index (χ3v) is 3.00. The summed E-state index contributed by atoms with van der Waals surface area (Å²) in [5, 5.41) is 0. The predicted octanol–water partition coefficient (Wildman–Crippen LogP) is 4.54. The summed E-state index contributed by atoms with van der Waals surface area (Å²) in [7, 11) is 4.17. The number of nitrogens with zero attached hydrogens (tertiary/aromatic N) is 1. The van der Waals surface area contributed by atoms with E-state index in [-0.39, 0.29) is 0 Å². The molecule has 0 amide bonds. The number of rotatable bonds is 7. The molecule has 0 radical (unpaired) electrons. The summed E-state index contributed by atoms with van der Waals surface area (Å²) in [6, 6.07) is 8.58. The van der Waals surface area contributed by atoms with E-state index in [0.717, 1.165) is 12.8 Å². The Hall–Kier alpha value is -1.76. The molecule has 0 aromatic heterocycles. The van der Waals surface area contributed by atoms with Gasteiger partial charge in [-0.2, -0.15) is 0 Å². The minimum Gasteiger partial charge on any atom is -0.377 e. The zero-order valence-corrected chi connectivity index (χ0v) is 11.5. The first-order valence-corrected chi connectivity index (χ1v) is 6.35. The van der Waals surface area contributed by atoms with E-state index in [9.17, 15) is 0 Å². The molecule has 1 aromatic carbocycles. The highest BCUT2D eigenvalue weighted by Crippen LogP contribution is 2.31. The maximum atomic E-state index is 3.87. The molecular weight excluding hydrogens is 218 g/mol. The molecule has 0 N–H and O–H groups in total. The number of para-hydroxylation sites is 1. The van der Waals surface area contributed by atoms with Gasteiger partial charge in [0.1, 0.15) is 0 Å². The molecule has 0 fully saturated rings. The molecule has 1 heteroatoms. The van der Waals surface area contributed by atoms with Gasteiger partial charge in [0, 0.05) is 19.8 Å². The third-order valence-electron chi connectivity index (χ3n) is 3.00. The van der Waals surface area contributed by atoms with Gasteiger partial charge in [-0.1, -0.05) is 49.1 Å². The van der Waals surface area contributed by atoms with Crippen LogP contribution in [0.1, 0.15) is 24.3 Å². The highest BCUT2D eigenvalue weighted by atomic mass is 15.1. The smallest absolute Gasteiger partial charge is 0.0396 e. The summed E-state index contributed by atoms with van der Waals surface area (Å²) in [6.45, 7) is 7.58. The lowest BCUT2D eigenvalue weighted by molar-refractivity contribution is 0.711. The molecule has 0 aliphatic heterocycles. The molecular formula is C17H23N. The van der Waals surface area contributed by atoms with Gasteiger partial charge in [0.05, 0.1) is 0 Å². The van der Waals surface area contributed by atoms with Crippen molar-refractivity contribution in [1.82, 2.24) is 0 Å². The summed E-state index contributed by atoms with van der Waals surface area (Å²) in [5.74, 6) is 0.484. The first-order chi connectivity index (χ1) is 8.70. The van der Waals surface area contributed by atoms with Crippen molar-refractivity contribution in [3.63, 3.8) is 0 Å². The number of benzene rings is 1. The Morgan fingerprint density at radius 2 is 1.89 bits per heavy atom. The van der Waals surface area contributed by atoms with Gasteiger partial charge in [-0.25, -0.2) is 0 Å². The number of anilines is 1. The summed E-state index contributed by atoms with van der Waals surface area (Å²) in [6.07, 6.45) is 10.0. The summed E-state index contributed by atoms with van der Waals surface area (Å²) in [4.78, 5) is 2.17. The monoisotopic (exact) mass is 241 g/mol. The normalized spacial score (nSPS) is 12.3. The van der Waals surface area contributed by atoms with Crippen molar-refractivity contribution in [3.05, 3.63) is 67.3 Å². The minimum atomic E-state index is 0.484. The van der Waals surface area contributed by atoms with Gasteiger partial charge < -0.3 is 4.90 Å². The molecule has 1 rings (SSSR count). The second-order valence-electron chi connectivity index (χ2n) is 4.57. The molecule has 0 aliphatic carbocycles. The average Bonchev–Trinajstić information content (AvgIpc) is 2.38. The standard InChI is InChI=1S/C17H23N/c1-5-7-8-12-15(11-6-2)16-13-9-10-14-17(16)18(3)4/h5-10,13-15H,1-2,11-12H2,3-4H3. The lowest BCUT2D eigenvalue weighted by Gasteiger charge is -2.22.